The molecular weight excluding hydrogens is 216 g/mol. The number of piperidine rings is 1. The summed E-state index contributed by atoms with van der Waals surface area (Å²) in [7, 11) is 1.94. The lowest BCUT2D eigenvalue weighted by molar-refractivity contribution is 0.145. The van der Waals surface area contributed by atoms with E-state index >= 15 is 0 Å². The molecule has 2 heterocycles. The standard InChI is InChI=1S/C12H22N4O/c1-3-4-10-11(13)12(15(2)14-10)16-7-5-9(17)6-8-16/h9,17H,3-8,13H2,1-2H3. The van der Waals surface area contributed by atoms with Gasteiger partial charge in [0.2, 0.25) is 0 Å². The Morgan fingerprint density at radius 2 is 2.06 bits per heavy atom. The molecule has 3 N–H and O–H groups in total. The van der Waals surface area contributed by atoms with E-state index in [1.807, 2.05) is 11.7 Å². The van der Waals surface area contributed by atoms with E-state index in [1.54, 1.807) is 0 Å². The molecule has 0 aromatic carbocycles. The second-order valence-electron chi connectivity index (χ2n) is 4.78. The van der Waals surface area contributed by atoms with Gasteiger partial charge in [-0.1, -0.05) is 13.3 Å². The van der Waals surface area contributed by atoms with Crippen LogP contribution in [0.3, 0.4) is 0 Å². The highest BCUT2D eigenvalue weighted by atomic mass is 16.3. The van der Waals surface area contributed by atoms with Crippen LogP contribution in [0.5, 0.6) is 0 Å². The van der Waals surface area contributed by atoms with Crippen LogP contribution in [0.25, 0.3) is 0 Å². The zero-order valence-electron chi connectivity index (χ0n) is 10.7. The Morgan fingerprint density at radius 1 is 1.41 bits per heavy atom. The summed E-state index contributed by atoms with van der Waals surface area (Å²) in [6.45, 7) is 3.85. The van der Waals surface area contributed by atoms with Crippen molar-refractivity contribution in [2.45, 2.75) is 38.7 Å². The molecule has 0 spiro atoms. The molecule has 5 heteroatoms. The number of nitrogens with two attached hydrogens (primary N) is 1. The van der Waals surface area contributed by atoms with Gasteiger partial charge in [0.05, 0.1) is 17.5 Å². The topological polar surface area (TPSA) is 67.3 Å². The molecule has 2 rings (SSSR count). The molecule has 1 saturated heterocycles. The maximum Gasteiger partial charge on any atom is 0.150 e. The van der Waals surface area contributed by atoms with Crippen LogP contribution in [0.1, 0.15) is 31.9 Å². The Kier molecular flexibility index (Phi) is 3.57. The van der Waals surface area contributed by atoms with Gasteiger partial charge in [-0.2, -0.15) is 5.10 Å². The molecule has 1 fully saturated rings. The van der Waals surface area contributed by atoms with Crippen LogP contribution in [-0.4, -0.2) is 34.1 Å². The summed E-state index contributed by atoms with van der Waals surface area (Å²) in [5.74, 6) is 1.01. The fraction of sp³-hybridized carbons (Fsp3) is 0.750. The Labute approximate surface area is 102 Å². The Bertz CT molecular complexity index is 380. The summed E-state index contributed by atoms with van der Waals surface area (Å²) >= 11 is 0. The van der Waals surface area contributed by atoms with Crippen LogP contribution in [0, 0.1) is 0 Å². The second kappa shape index (κ2) is 4.96. The van der Waals surface area contributed by atoms with Crippen LogP contribution in [-0.2, 0) is 13.5 Å². The van der Waals surface area contributed by atoms with Gasteiger partial charge in [0.25, 0.3) is 0 Å². The van der Waals surface area contributed by atoms with Crippen molar-refractivity contribution in [3.63, 3.8) is 0 Å². The van der Waals surface area contributed by atoms with Gasteiger partial charge in [-0.15, -0.1) is 0 Å². The highest BCUT2D eigenvalue weighted by Crippen LogP contribution is 2.29. The number of rotatable bonds is 3. The third kappa shape index (κ3) is 2.39. The van der Waals surface area contributed by atoms with Gasteiger partial charge in [0.1, 0.15) is 5.82 Å². The monoisotopic (exact) mass is 238 g/mol. The molecule has 1 aromatic heterocycles. The lowest BCUT2D eigenvalue weighted by Gasteiger charge is -2.31. The number of anilines is 2. The van der Waals surface area contributed by atoms with Crippen LogP contribution < -0.4 is 10.6 Å². The van der Waals surface area contributed by atoms with Crippen molar-refractivity contribution in [2.75, 3.05) is 23.7 Å². The number of hydrogen-bond donors (Lipinski definition) is 2. The van der Waals surface area contributed by atoms with E-state index in [-0.39, 0.29) is 6.10 Å². The molecule has 0 radical (unpaired) electrons. The Balaban J connectivity index is 2.20. The van der Waals surface area contributed by atoms with Gasteiger partial charge in [0, 0.05) is 20.1 Å². The van der Waals surface area contributed by atoms with Gasteiger partial charge in [-0.25, -0.2) is 0 Å². The quantitative estimate of drug-likeness (QED) is 0.821. The third-order valence-electron chi connectivity index (χ3n) is 3.38. The average molecular weight is 238 g/mol. The van der Waals surface area contributed by atoms with E-state index in [0.717, 1.165) is 56.0 Å². The van der Waals surface area contributed by atoms with Crippen molar-refractivity contribution in [2.24, 2.45) is 7.05 Å². The SMILES string of the molecule is CCCc1nn(C)c(N2CCC(O)CC2)c1N. The summed E-state index contributed by atoms with van der Waals surface area (Å²) < 4.78 is 1.87. The molecule has 0 amide bonds. The highest BCUT2D eigenvalue weighted by Gasteiger charge is 2.23. The molecule has 96 valence electrons. The molecule has 0 atom stereocenters. The van der Waals surface area contributed by atoms with Crippen molar-refractivity contribution >= 4 is 11.5 Å². The van der Waals surface area contributed by atoms with Crippen LogP contribution in [0.4, 0.5) is 11.5 Å². The molecule has 0 aliphatic carbocycles. The smallest absolute Gasteiger partial charge is 0.150 e. The highest BCUT2D eigenvalue weighted by molar-refractivity contribution is 5.66. The van der Waals surface area contributed by atoms with E-state index in [2.05, 4.69) is 16.9 Å². The predicted molar refractivity (Wildman–Crippen MR) is 69.1 cm³/mol. The minimum absolute atomic E-state index is 0.157. The Hall–Kier alpha value is -1.23. The molecule has 17 heavy (non-hydrogen) atoms. The van der Waals surface area contributed by atoms with E-state index in [0.29, 0.717) is 0 Å². The van der Waals surface area contributed by atoms with Crippen LogP contribution in [0.15, 0.2) is 0 Å². The van der Waals surface area contributed by atoms with Crippen molar-refractivity contribution in [1.29, 1.82) is 0 Å². The van der Waals surface area contributed by atoms with Crippen LogP contribution >= 0.6 is 0 Å². The van der Waals surface area contributed by atoms with Crippen molar-refractivity contribution in [1.82, 2.24) is 9.78 Å². The minimum atomic E-state index is -0.157. The summed E-state index contributed by atoms with van der Waals surface area (Å²) in [6.07, 6.45) is 3.45. The molecule has 0 bridgehead atoms. The van der Waals surface area contributed by atoms with E-state index in [1.165, 1.54) is 0 Å². The van der Waals surface area contributed by atoms with Gasteiger partial charge in [0.15, 0.2) is 0 Å². The van der Waals surface area contributed by atoms with Crippen LogP contribution in [0.2, 0.25) is 0 Å². The summed E-state index contributed by atoms with van der Waals surface area (Å²) in [4.78, 5) is 2.23. The molecule has 1 aromatic rings. The summed E-state index contributed by atoms with van der Waals surface area (Å²) in [5, 5.41) is 14.0. The van der Waals surface area contributed by atoms with E-state index < -0.39 is 0 Å². The average Bonchev–Trinajstić information content (AvgIpc) is 2.57. The van der Waals surface area contributed by atoms with Crippen molar-refractivity contribution < 1.29 is 5.11 Å². The number of hydrogen-bond acceptors (Lipinski definition) is 4. The normalized spacial score (nSPS) is 17.7. The van der Waals surface area contributed by atoms with Gasteiger partial charge < -0.3 is 15.7 Å². The first-order valence-corrected chi connectivity index (χ1v) is 6.37. The molecule has 0 saturated carbocycles. The van der Waals surface area contributed by atoms with Gasteiger partial charge in [-0.05, 0) is 19.3 Å². The predicted octanol–water partition coefficient (Wildman–Crippen LogP) is 0.916. The van der Waals surface area contributed by atoms with Crippen molar-refractivity contribution in [3.05, 3.63) is 5.69 Å². The number of aryl methyl sites for hydroxylation is 2. The minimum Gasteiger partial charge on any atom is -0.394 e. The maximum absolute atomic E-state index is 9.52. The number of aromatic nitrogens is 2. The van der Waals surface area contributed by atoms with Gasteiger partial charge in [-0.3, -0.25) is 4.68 Å². The number of aliphatic hydroxyl groups is 1. The molecule has 0 unspecified atom stereocenters. The number of nitrogens with zero attached hydrogens (tertiary/aromatic N) is 3. The first kappa shape index (κ1) is 12.2. The molecule has 5 nitrogen and oxygen atoms in total. The van der Waals surface area contributed by atoms with Crippen molar-refractivity contribution in [3.8, 4) is 0 Å². The van der Waals surface area contributed by atoms with E-state index in [4.69, 9.17) is 5.73 Å². The number of nitrogen functional groups attached to an aromatic ring is 1. The summed E-state index contributed by atoms with van der Waals surface area (Å²) in [6, 6.07) is 0. The fourth-order valence-corrected chi connectivity index (χ4v) is 2.46. The number of aliphatic hydroxyl groups excluding tert-OH is 1. The van der Waals surface area contributed by atoms with Gasteiger partial charge >= 0.3 is 0 Å². The first-order chi connectivity index (χ1) is 8.13. The maximum atomic E-state index is 9.52. The molecule has 1 aliphatic rings. The zero-order valence-corrected chi connectivity index (χ0v) is 10.7. The fourth-order valence-electron chi connectivity index (χ4n) is 2.46. The second-order valence-corrected chi connectivity index (χ2v) is 4.78. The molecular formula is C12H22N4O. The Morgan fingerprint density at radius 3 is 2.65 bits per heavy atom. The van der Waals surface area contributed by atoms with E-state index in [9.17, 15) is 5.11 Å². The zero-order chi connectivity index (χ0) is 12.4. The lowest BCUT2D eigenvalue weighted by Crippen LogP contribution is -2.37. The largest absolute Gasteiger partial charge is 0.394 e. The third-order valence-corrected chi connectivity index (χ3v) is 3.38. The lowest BCUT2D eigenvalue weighted by atomic mass is 10.1. The summed E-state index contributed by atoms with van der Waals surface area (Å²) in [5.41, 5.74) is 7.98. The molecule has 1 aliphatic heterocycles. The first-order valence-electron chi connectivity index (χ1n) is 6.37.